The van der Waals surface area contributed by atoms with Crippen molar-refractivity contribution < 1.29 is 9.72 Å². The Hall–Kier alpha value is -3.01. The van der Waals surface area contributed by atoms with Crippen LogP contribution in [0.3, 0.4) is 0 Å². The van der Waals surface area contributed by atoms with Crippen molar-refractivity contribution in [2.24, 2.45) is 0 Å². The molecule has 140 valence electrons. The fourth-order valence-electron chi connectivity index (χ4n) is 2.70. The van der Waals surface area contributed by atoms with Crippen LogP contribution in [0.1, 0.15) is 24.2 Å². The summed E-state index contributed by atoms with van der Waals surface area (Å²) in [7, 11) is 0. The third-order valence-corrected chi connectivity index (χ3v) is 4.51. The first kappa shape index (κ1) is 18.8. The van der Waals surface area contributed by atoms with Crippen molar-refractivity contribution in [3.63, 3.8) is 0 Å². The Bertz CT molecular complexity index is 996. The highest BCUT2D eigenvalue weighted by Gasteiger charge is 2.23. The van der Waals surface area contributed by atoms with Crippen LogP contribution in [0.2, 0.25) is 0 Å². The van der Waals surface area contributed by atoms with Gasteiger partial charge in [-0.05, 0) is 47.5 Å². The first-order chi connectivity index (χ1) is 12.8. The maximum Gasteiger partial charge on any atom is 0.309 e. The van der Waals surface area contributed by atoms with E-state index in [2.05, 4.69) is 31.4 Å². The number of rotatable bonds is 6. The minimum atomic E-state index is -0.690. The molecule has 1 unspecified atom stereocenters. The first-order valence-corrected chi connectivity index (χ1v) is 8.90. The molecular weight excluding hydrogens is 416 g/mol. The van der Waals surface area contributed by atoms with Gasteiger partial charge >= 0.3 is 5.69 Å². The molecule has 1 aromatic carbocycles. The topological polar surface area (TPSA) is 108 Å². The van der Waals surface area contributed by atoms with Crippen molar-refractivity contribution in [1.29, 1.82) is 0 Å². The van der Waals surface area contributed by atoms with Crippen molar-refractivity contribution in [3.8, 4) is 0 Å². The minimum absolute atomic E-state index is 0.109. The summed E-state index contributed by atoms with van der Waals surface area (Å²) in [6, 6.07) is 6.74. The molecule has 10 heteroatoms. The molecule has 0 fully saturated rings. The molecule has 0 saturated heterocycles. The summed E-state index contributed by atoms with van der Waals surface area (Å²) in [6.45, 7) is 3.78. The fraction of sp³-hybridized carbons (Fsp3) is 0.235. The number of nitrogens with one attached hydrogen (secondary N) is 1. The molecule has 0 aliphatic heterocycles. The molecule has 1 atom stereocenters. The van der Waals surface area contributed by atoms with E-state index in [0.29, 0.717) is 17.9 Å². The average Bonchev–Trinajstić information content (AvgIpc) is 3.20. The molecule has 1 N–H and O–H groups in total. The number of carbonyl (C=O) groups excluding carboxylic acids is 1. The summed E-state index contributed by atoms with van der Waals surface area (Å²) in [5.74, 6) is -0.310. The average molecular weight is 433 g/mol. The lowest BCUT2D eigenvalue weighted by Crippen LogP contribution is -2.25. The van der Waals surface area contributed by atoms with Gasteiger partial charge in [-0.2, -0.15) is 10.2 Å². The van der Waals surface area contributed by atoms with Gasteiger partial charge in [-0.1, -0.05) is 12.1 Å². The molecule has 2 aromatic heterocycles. The third-order valence-electron chi connectivity index (χ3n) is 4.10. The maximum atomic E-state index is 12.6. The van der Waals surface area contributed by atoms with E-state index >= 15 is 0 Å². The zero-order valence-corrected chi connectivity index (χ0v) is 16.3. The largest absolute Gasteiger partial charge is 0.324 e. The van der Waals surface area contributed by atoms with Crippen molar-refractivity contribution in [2.45, 2.75) is 26.4 Å². The van der Waals surface area contributed by atoms with Gasteiger partial charge in [-0.25, -0.2) is 0 Å². The van der Waals surface area contributed by atoms with E-state index < -0.39 is 11.0 Å². The van der Waals surface area contributed by atoms with Gasteiger partial charge < -0.3 is 5.32 Å². The normalized spacial score (nSPS) is 12.0. The Morgan fingerprint density at radius 1 is 1.37 bits per heavy atom. The SMILES string of the molecule is Cc1c([N+](=O)[O-])cnn1C(C)C(=O)Nc1cccc(Cn2cc(Br)cn2)c1. The van der Waals surface area contributed by atoms with Gasteiger partial charge in [0.05, 0.1) is 22.1 Å². The van der Waals surface area contributed by atoms with E-state index in [1.165, 1.54) is 4.68 Å². The van der Waals surface area contributed by atoms with Gasteiger partial charge in [0, 0.05) is 11.9 Å². The van der Waals surface area contributed by atoms with Crippen LogP contribution in [-0.2, 0) is 11.3 Å². The van der Waals surface area contributed by atoms with Crippen LogP contribution >= 0.6 is 15.9 Å². The fourth-order valence-corrected chi connectivity index (χ4v) is 3.03. The van der Waals surface area contributed by atoms with Crippen molar-refractivity contribution in [1.82, 2.24) is 19.6 Å². The van der Waals surface area contributed by atoms with Crippen LogP contribution in [0.4, 0.5) is 11.4 Å². The molecule has 1 amide bonds. The summed E-state index contributed by atoms with van der Waals surface area (Å²) in [6.07, 6.45) is 4.72. The number of hydrogen-bond acceptors (Lipinski definition) is 5. The number of carbonyl (C=O) groups is 1. The van der Waals surface area contributed by atoms with E-state index in [9.17, 15) is 14.9 Å². The second-order valence-electron chi connectivity index (χ2n) is 6.04. The zero-order valence-electron chi connectivity index (χ0n) is 14.7. The Balaban J connectivity index is 1.72. The number of anilines is 1. The summed E-state index contributed by atoms with van der Waals surface area (Å²) >= 11 is 3.36. The van der Waals surface area contributed by atoms with Gasteiger partial charge in [0.2, 0.25) is 5.91 Å². The molecule has 3 rings (SSSR count). The Kier molecular flexibility index (Phi) is 5.36. The summed E-state index contributed by atoms with van der Waals surface area (Å²) in [5.41, 5.74) is 1.83. The van der Waals surface area contributed by atoms with Gasteiger partial charge in [0.15, 0.2) is 0 Å². The molecule has 0 aliphatic rings. The summed E-state index contributed by atoms with van der Waals surface area (Å²) in [4.78, 5) is 23.0. The van der Waals surface area contributed by atoms with E-state index in [0.717, 1.165) is 16.2 Å². The Labute approximate surface area is 163 Å². The second-order valence-corrected chi connectivity index (χ2v) is 6.95. The van der Waals surface area contributed by atoms with Crippen LogP contribution < -0.4 is 5.32 Å². The van der Waals surface area contributed by atoms with E-state index in [1.807, 2.05) is 24.4 Å². The monoisotopic (exact) mass is 432 g/mol. The third kappa shape index (κ3) is 4.22. The lowest BCUT2D eigenvalue weighted by atomic mass is 10.2. The molecule has 0 spiro atoms. The van der Waals surface area contributed by atoms with Crippen molar-refractivity contribution in [3.05, 3.63) is 68.7 Å². The van der Waals surface area contributed by atoms with Crippen molar-refractivity contribution in [2.75, 3.05) is 5.32 Å². The highest BCUT2D eigenvalue weighted by Crippen LogP contribution is 2.21. The van der Waals surface area contributed by atoms with E-state index in [1.54, 1.807) is 30.8 Å². The molecule has 0 saturated carbocycles. The van der Waals surface area contributed by atoms with Gasteiger partial charge in [-0.3, -0.25) is 24.3 Å². The highest BCUT2D eigenvalue weighted by molar-refractivity contribution is 9.10. The molecular formula is C17H17BrN6O3. The number of hydrogen-bond donors (Lipinski definition) is 1. The minimum Gasteiger partial charge on any atom is -0.324 e. The molecule has 0 radical (unpaired) electrons. The number of nitro groups is 1. The van der Waals surface area contributed by atoms with E-state index in [4.69, 9.17) is 0 Å². The van der Waals surface area contributed by atoms with Crippen LogP contribution in [0, 0.1) is 17.0 Å². The lowest BCUT2D eigenvalue weighted by molar-refractivity contribution is -0.385. The highest BCUT2D eigenvalue weighted by atomic mass is 79.9. The van der Waals surface area contributed by atoms with Crippen LogP contribution in [0.25, 0.3) is 0 Å². The smallest absolute Gasteiger partial charge is 0.309 e. The molecule has 9 nitrogen and oxygen atoms in total. The molecule has 0 bridgehead atoms. The number of benzene rings is 1. The van der Waals surface area contributed by atoms with Crippen molar-refractivity contribution >= 4 is 33.2 Å². The number of halogens is 1. The predicted octanol–water partition coefficient (Wildman–Crippen LogP) is 3.31. The quantitative estimate of drug-likeness (QED) is 0.474. The molecule has 27 heavy (non-hydrogen) atoms. The number of aromatic nitrogens is 4. The van der Waals surface area contributed by atoms with Gasteiger partial charge in [0.25, 0.3) is 0 Å². The van der Waals surface area contributed by atoms with Crippen LogP contribution in [0.15, 0.2) is 47.3 Å². The van der Waals surface area contributed by atoms with Crippen LogP contribution in [0.5, 0.6) is 0 Å². The second kappa shape index (κ2) is 7.70. The number of nitrogens with zero attached hydrogens (tertiary/aromatic N) is 5. The van der Waals surface area contributed by atoms with Crippen LogP contribution in [-0.4, -0.2) is 30.4 Å². The maximum absolute atomic E-state index is 12.6. The Morgan fingerprint density at radius 3 is 2.78 bits per heavy atom. The predicted molar refractivity (Wildman–Crippen MR) is 102 cm³/mol. The lowest BCUT2D eigenvalue weighted by Gasteiger charge is -2.14. The van der Waals surface area contributed by atoms with E-state index in [-0.39, 0.29) is 11.6 Å². The summed E-state index contributed by atoms with van der Waals surface area (Å²) in [5, 5.41) is 22.0. The van der Waals surface area contributed by atoms with Gasteiger partial charge in [0.1, 0.15) is 17.9 Å². The molecule has 2 heterocycles. The number of amides is 1. The molecule has 0 aliphatic carbocycles. The van der Waals surface area contributed by atoms with Gasteiger partial charge in [-0.15, -0.1) is 0 Å². The standard InChI is InChI=1S/C17H17BrN6O3/c1-11-16(24(26)27)8-20-23(11)12(2)17(25)21-15-5-3-4-13(6-15)9-22-10-14(18)7-19-22/h3-8,10,12H,9H2,1-2H3,(H,21,25). The summed E-state index contributed by atoms with van der Waals surface area (Å²) < 4.78 is 4.02. The Morgan fingerprint density at radius 2 is 2.15 bits per heavy atom. The first-order valence-electron chi connectivity index (χ1n) is 8.11. The zero-order chi connectivity index (χ0) is 19.6. The molecule has 3 aromatic rings.